The maximum Gasteiger partial charge on any atom is 0.250 e. The first-order valence-corrected chi connectivity index (χ1v) is 8.03. The van der Waals surface area contributed by atoms with Crippen LogP contribution in [0.15, 0.2) is 54.9 Å². The van der Waals surface area contributed by atoms with E-state index in [0.29, 0.717) is 12.4 Å². The van der Waals surface area contributed by atoms with Gasteiger partial charge in [-0.25, -0.2) is 0 Å². The zero-order chi connectivity index (χ0) is 16.9. The largest absolute Gasteiger partial charge is 0.342 e. The molecule has 3 aromatic rings. The summed E-state index contributed by atoms with van der Waals surface area (Å²) in [6, 6.07) is 13.4. The van der Waals surface area contributed by atoms with Gasteiger partial charge in [-0.3, -0.25) is 15.2 Å². The fourth-order valence-corrected chi connectivity index (χ4v) is 2.51. The average molecular weight is 323 g/mol. The summed E-state index contributed by atoms with van der Waals surface area (Å²) in [4.78, 5) is 17.1. The van der Waals surface area contributed by atoms with Gasteiger partial charge in [-0.15, -0.1) is 5.10 Å². The molecule has 0 saturated heterocycles. The molecule has 0 radical (unpaired) electrons. The van der Waals surface area contributed by atoms with Crippen molar-refractivity contribution in [1.82, 2.24) is 19.7 Å². The van der Waals surface area contributed by atoms with Crippen LogP contribution in [0.4, 0.5) is 5.95 Å². The highest BCUT2D eigenvalue weighted by molar-refractivity contribution is 5.92. The minimum atomic E-state index is -0.358. The number of nitrogens with one attached hydrogen (secondary N) is 2. The van der Waals surface area contributed by atoms with E-state index in [4.69, 9.17) is 0 Å². The van der Waals surface area contributed by atoms with Crippen molar-refractivity contribution < 1.29 is 4.79 Å². The quantitative estimate of drug-likeness (QED) is 0.731. The van der Waals surface area contributed by atoms with Gasteiger partial charge in [0.05, 0.1) is 0 Å². The number of benzene rings is 1. The second-order valence-corrected chi connectivity index (χ2v) is 6.02. The minimum Gasteiger partial charge on any atom is -0.342 e. The summed E-state index contributed by atoms with van der Waals surface area (Å²) in [6.45, 7) is 4.04. The topological polar surface area (TPSA) is 75.6 Å². The van der Waals surface area contributed by atoms with Crippen LogP contribution in [-0.4, -0.2) is 25.7 Å². The van der Waals surface area contributed by atoms with Gasteiger partial charge in [0.15, 0.2) is 0 Å². The summed E-state index contributed by atoms with van der Waals surface area (Å²) >= 11 is 0. The van der Waals surface area contributed by atoms with Crippen molar-refractivity contribution >= 4 is 11.9 Å². The van der Waals surface area contributed by atoms with Crippen LogP contribution in [0.1, 0.15) is 37.2 Å². The first kappa shape index (κ1) is 16.0. The van der Waals surface area contributed by atoms with Crippen molar-refractivity contribution in [3.05, 3.63) is 66.2 Å². The van der Waals surface area contributed by atoms with Gasteiger partial charge in [0.2, 0.25) is 11.9 Å². The number of carbonyl (C=O) groups is 1. The van der Waals surface area contributed by atoms with Crippen molar-refractivity contribution in [3.63, 3.8) is 0 Å². The molecule has 0 aliphatic carbocycles. The van der Waals surface area contributed by atoms with Crippen LogP contribution >= 0.6 is 0 Å². The Morgan fingerprint density at radius 1 is 1.17 bits per heavy atom. The van der Waals surface area contributed by atoms with Crippen molar-refractivity contribution in [2.45, 2.75) is 32.2 Å². The summed E-state index contributed by atoms with van der Waals surface area (Å²) < 4.78 is 1.90. The molecule has 2 heterocycles. The Balaban J connectivity index is 1.78. The van der Waals surface area contributed by atoms with Crippen LogP contribution in [0.25, 0.3) is 0 Å². The number of carbonyl (C=O) groups excluding carboxylic acids is 1. The van der Waals surface area contributed by atoms with Crippen molar-refractivity contribution in [2.24, 2.45) is 0 Å². The van der Waals surface area contributed by atoms with E-state index in [-0.39, 0.29) is 17.9 Å². The molecule has 0 unspecified atom stereocenters. The van der Waals surface area contributed by atoms with Crippen LogP contribution in [-0.2, 0) is 11.2 Å². The van der Waals surface area contributed by atoms with Crippen LogP contribution in [0, 0.1) is 0 Å². The SMILES string of the molecule is CC(C)c1nc(NC(=O)[C@H](Cc2ccccc2)n2cccc2)n[nH]1. The lowest BCUT2D eigenvalue weighted by Crippen LogP contribution is -2.27. The van der Waals surface area contributed by atoms with Gasteiger partial charge in [0, 0.05) is 24.7 Å². The maximum atomic E-state index is 12.8. The Morgan fingerprint density at radius 3 is 2.50 bits per heavy atom. The van der Waals surface area contributed by atoms with E-state index in [2.05, 4.69) is 20.5 Å². The summed E-state index contributed by atoms with van der Waals surface area (Å²) in [6.07, 6.45) is 4.39. The Labute approximate surface area is 140 Å². The fraction of sp³-hybridized carbons (Fsp3) is 0.278. The van der Waals surface area contributed by atoms with Gasteiger partial charge in [-0.1, -0.05) is 44.2 Å². The average Bonchev–Trinajstić information content (AvgIpc) is 3.25. The van der Waals surface area contributed by atoms with Crippen LogP contribution in [0.2, 0.25) is 0 Å². The third kappa shape index (κ3) is 3.71. The van der Waals surface area contributed by atoms with Gasteiger partial charge in [0.1, 0.15) is 11.9 Å². The van der Waals surface area contributed by atoms with E-state index in [9.17, 15) is 4.79 Å². The number of rotatable bonds is 6. The number of aromatic amines is 1. The van der Waals surface area contributed by atoms with Gasteiger partial charge in [-0.05, 0) is 17.7 Å². The molecule has 0 aliphatic rings. The van der Waals surface area contributed by atoms with Crippen molar-refractivity contribution in [3.8, 4) is 0 Å². The molecule has 1 amide bonds. The highest BCUT2D eigenvalue weighted by Gasteiger charge is 2.22. The lowest BCUT2D eigenvalue weighted by Gasteiger charge is -2.17. The Kier molecular flexibility index (Phi) is 4.74. The Hall–Kier alpha value is -2.89. The molecule has 6 nitrogen and oxygen atoms in total. The lowest BCUT2D eigenvalue weighted by molar-refractivity contribution is -0.119. The van der Waals surface area contributed by atoms with Gasteiger partial charge < -0.3 is 4.57 Å². The van der Waals surface area contributed by atoms with Gasteiger partial charge in [-0.2, -0.15) is 4.98 Å². The summed E-state index contributed by atoms with van der Waals surface area (Å²) in [5.74, 6) is 1.16. The van der Waals surface area contributed by atoms with Crippen molar-refractivity contribution in [2.75, 3.05) is 5.32 Å². The van der Waals surface area contributed by atoms with E-state index in [1.807, 2.05) is 73.3 Å². The molecule has 1 aromatic carbocycles. The number of hydrogen-bond acceptors (Lipinski definition) is 3. The minimum absolute atomic E-state index is 0.135. The second-order valence-electron chi connectivity index (χ2n) is 6.02. The van der Waals surface area contributed by atoms with E-state index in [1.165, 1.54) is 0 Å². The standard InChI is InChI=1S/C18H21N5O/c1-13(2)16-19-18(22-21-16)20-17(24)15(23-10-6-7-11-23)12-14-8-4-3-5-9-14/h3-11,13,15H,12H2,1-2H3,(H2,19,20,21,22,24)/t15-/m0/s1. The lowest BCUT2D eigenvalue weighted by atomic mass is 10.1. The van der Waals surface area contributed by atoms with E-state index < -0.39 is 0 Å². The molecule has 2 N–H and O–H groups in total. The molecule has 0 aliphatic heterocycles. The highest BCUT2D eigenvalue weighted by Crippen LogP contribution is 2.17. The highest BCUT2D eigenvalue weighted by atomic mass is 16.2. The number of aromatic nitrogens is 4. The monoisotopic (exact) mass is 323 g/mol. The van der Waals surface area contributed by atoms with Crippen LogP contribution in [0.3, 0.4) is 0 Å². The zero-order valence-electron chi connectivity index (χ0n) is 13.8. The first-order valence-electron chi connectivity index (χ1n) is 8.03. The normalized spacial score (nSPS) is 12.3. The molecule has 0 saturated carbocycles. The number of amides is 1. The molecule has 0 spiro atoms. The van der Waals surface area contributed by atoms with E-state index >= 15 is 0 Å². The first-order chi connectivity index (χ1) is 11.6. The fourth-order valence-electron chi connectivity index (χ4n) is 2.51. The molecule has 0 bridgehead atoms. The summed E-state index contributed by atoms with van der Waals surface area (Å²) in [5.41, 5.74) is 1.10. The molecular weight excluding hydrogens is 302 g/mol. The predicted molar refractivity (Wildman–Crippen MR) is 92.7 cm³/mol. The predicted octanol–water partition coefficient (Wildman–Crippen LogP) is 3.15. The van der Waals surface area contributed by atoms with Crippen LogP contribution < -0.4 is 5.32 Å². The van der Waals surface area contributed by atoms with Gasteiger partial charge in [0.25, 0.3) is 0 Å². The second kappa shape index (κ2) is 7.12. The number of hydrogen-bond donors (Lipinski definition) is 2. The molecule has 1 atom stereocenters. The number of H-pyrrole nitrogens is 1. The van der Waals surface area contributed by atoms with E-state index in [0.717, 1.165) is 11.4 Å². The Bertz CT molecular complexity index is 777. The summed E-state index contributed by atoms with van der Waals surface area (Å²) in [7, 11) is 0. The summed E-state index contributed by atoms with van der Waals surface area (Å²) in [5, 5.41) is 9.73. The molecule has 6 heteroatoms. The molecule has 0 fully saturated rings. The van der Waals surface area contributed by atoms with E-state index in [1.54, 1.807) is 0 Å². The molecular formula is C18H21N5O. The van der Waals surface area contributed by atoms with Gasteiger partial charge >= 0.3 is 0 Å². The number of nitrogens with zero attached hydrogens (tertiary/aromatic N) is 3. The third-order valence-electron chi connectivity index (χ3n) is 3.85. The maximum absolute atomic E-state index is 12.8. The molecule has 3 rings (SSSR count). The van der Waals surface area contributed by atoms with Crippen LogP contribution in [0.5, 0.6) is 0 Å². The molecule has 124 valence electrons. The third-order valence-corrected chi connectivity index (χ3v) is 3.85. The Morgan fingerprint density at radius 2 is 1.88 bits per heavy atom. The zero-order valence-corrected chi connectivity index (χ0v) is 13.8. The number of anilines is 1. The van der Waals surface area contributed by atoms with Crippen molar-refractivity contribution in [1.29, 1.82) is 0 Å². The molecule has 24 heavy (non-hydrogen) atoms. The molecule has 2 aromatic heterocycles. The smallest absolute Gasteiger partial charge is 0.250 e.